The molecule has 0 amide bonds. The van der Waals surface area contributed by atoms with Crippen LogP contribution >= 0.6 is 7.82 Å². The molecule has 0 aliphatic carbocycles. The van der Waals surface area contributed by atoms with Crippen molar-refractivity contribution in [2.75, 3.05) is 0 Å². The average molecular weight is 172 g/mol. The highest BCUT2D eigenvalue weighted by Gasteiger charge is 2.28. The van der Waals surface area contributed by atoms with Crippen LogP contribution in [0.25, 0.3) is 0 Å². The fourth-order valence-electron chi connectivity index (χ4n) is 0.282. The van der Waals surface area contributed by atoms with E-state index in [-0.39, 0.29) is 0 Å². The first-order chi connectivity index (χ1) is 5.18. The van der Waals surface area contributed by atoms with Crippen molar-refractivity contribution in [1.29, 1.82) is 0 Å². The Morgan fingerprint density at radius 1 is 1.36 bits per heavy atom. The zero-order valence-electron chi connectivity index (χ0n) is 5.52. The monoisotopic (exact) mass is 172 g/mol. The van der Waals surface area contributed by atoms with E-state index in [0.29, 0.717) is 0 Å². The maximum absolute atomic E-state index is 11.0. The van der Waals surface area contributed by atoms with E-state index in [4.69, 9.17) is 0 Å². The van der Waals surface area contributed by atoms with Crippen LogP contribution in [0.4, 0.5) is 0 Å². The van der Waals surface area contributed by atoms with E-state index in [9.17, 15) is 4.57 Å². The van der Waals surface area contributed by atoms with Gasteiger partial charge in [-0.25, -0.2) is 0 Å². The van der Waals surface area contributed by atoms with Crippen LogP contribution in [-0.4, -0.2) is 0 Å². The average Bonchev–Trinajstić information content (AvgIpc) is 1.88. The predicted molar refractivity (Wildman–Crippen MR) is 38.7 cm³/mol. The molecule has 5 heteroatoms. The minimum Gasteiger partial charge on any atom is -0.394 e. The number of phosphoric ester groups is 1. The molecular formula is C6H5O4P. The third-order valence-electron chi connectivity index (χ3n) is 0.533. The molecule has 11 heavy (non-hydrogen) atoms. The van der Waals surface area contributed by atoms with Gasteiger partial charge in [0.25, 0.3) is 0 Å². The van der Waals surface area contributed by atoms with E-state index in [1.54, 1.807) is 12.2 Å². The summed E-state index contributed by atoms with van der Waals surface area (Å²) in [5, 5.41) is 0. The molecule has 0 N–H and O–H groups in total. The molecule has 0 aliphatic rings. The molecule has 0 rings (SSSR count). The Morgan fingerprint density at radius 2 is 1.82 bits per heavy atom. The molecule has 0 unspecified atom stereocenters. The molecule has 0 saturated carbocycles. The summed E-state index contributed by atoms with van der Waals surface area (Å²) in [5.41, 5.74) is 0. The Hall–Kier alpha value is -1.51. The summed E-state index contributed by atoms with van der Waals surface area (Å²) < 4.78 is 23.6. The van der Waals surface area contributed by atoms with Crippen LogP contribution in [0.3, 0.4) is 0 Å². The Bertz CT molecular complexity index is 237. The quantitative estimate of drug-likeness (QED) is 0.366. The summed E-state index contributed by atoms with van der Waals surface area (Å²) in [6.07, 6.45) is 13.4. The first-order valence-electron chi connectivity index (χ1n) is 2.36. The first-order valence-corrected chi connectivity index (χ1v) is 3.82. The lowest BCUT2D eigenvalue weighted by atomic mass is 11.2. The van der Waals surface area contributed by atoms with Crippen molar-refractivity contribution in [1.82, 2.24) is 0 Å². The van der Waals surface area contributed by atoms with Crippen LogP contribution in [0.15, 0.2) is 12.8 Å². The van der Waals surface area contributed by atoms with Gasteiger partial charge in [0.15, 0.2) is 0 Å². The van der Waals surface area contributed by atoms with Crippen molar-refractivity contribution < 1.29 is 18.1 Å². The second-order valence-electron chi connectivity index (χ2n) is 1.14. The third-order valence-corrected chi connectivity index (χ3v) is 1.60. The van der Waals surface area contributed by atoms with Crippen molar-refractivity contribution in [2.24, 2.45) is 0 Å². The highest BCUT2D eigenvalue weighted by molar-refractivity contribution is 7.48. The zero-order valence-corrected chi connectivity index (χ0v) is 6.41. The highest BCUT2D eigenvalue weighted by atomic mass is 31.2. The van der Waals surface area contributed by atoms with Crippen LogP contribution in [-0.2, 0) is 18.1 Å². The van der Waals surface area contributed by atoms with Gasteiger partial charge in [0.05, 0.1) is 6.26 Å². The Morgan fingerprint density at radius 3 is 2.09 bits per heavy atom. The Labute approximate surface area is 64.8 Å². The van der Waals surface area contributed by atoms with Gasteiger partial charge in [-0.2, -0.15) is 4.57 Å². The lowest BCUT2D eigenvalue weighted by Gasteiger charge is -2.07. The second-order valence-corrected chi connectivity index (χ2v) is 2.61. The predicted octanol–water partition coefficient (Wildman–Crippen LogP) is 1.47. The summed E-state index contributed by atoms with van der Waals surface area (Å²) >= 11 is 0. The highest BCUT2D eigenvalue weighted by Crippen LogP contribution is 2.48. The molecule has 0 aromatic carbocycles. The van der Waals surface area contributed by atoms with Crippen LogP contribution in [0.5, 0.6) is 0 Å². The molecule has 0 fully saturated rings. The lowest BCUT2D eigenvalue weighted by Crippen LogP contribution is -1.87. The van der Waals surface area contributed by atoms with Crippen LogP contribution < -0.4 is 0 Å². The van der Waals surface area contributed by atoms with Gasteiger partial charge in [0.2, 0.25) is 0 Å². The summed E-state index contributed by atoms with van der Waals surface area (Å²) in [6, 6.07) is 0. The van der Waals surface area contributed by atoms with Crippen molar-refractivity contribution in [3.05, 3.63) is 12.8 Å². The normalized spacial score (nSPS) is 8.55. The van der Waals surface area contributed by atoms with Crippen LogP contribution in [0.1, 0.15) is 0 Å². The van der Waals surface area contributed by atoms with Gasteiger partial charge in [0, 0.05) is 0 Å². The number of terminal acetylenes is 2. The van der Waals surface area contributed by atoms with Gasteiger partial charge >= 0.3 is 7.82 Å². The van der Waals surface area contributed by atoms with Crippen molar-refractivity contribution in [3.8, 4) is 25.1 Å². The summed E-state index contributed by atoms with van der Waals surface area (Å²) in [4.78, 5) is 0. The van der Waals surface area contributed by atoms with E-state index in [1.807, 2.05) is 0 Å². The molecule has 0 radical (unpaired) electrons. The minimum absolute atomic E-state index is 0.857. The number of hydrogen-bond donors (Lipinski definition) is 0. The van der Waals surface area contributed by atoms with Gasteiger partial charge in [-0.3, -0.25) is 0 Å². The summed E-state index contributed by atoms with van der Waals surface area (Å²) in [5.74, 6) is 0. The Kier molecular flexibility index (Phi) is 3.73. The number of phosphoric acid groups is 1. The molecule has 58 valence electrons. The van der Waals surface area contributed by atoms with Crippen LogP contribution in [0.2, 0.25) is 0 Å². The standard InChI is InChI=1S/C6H5O4P/c1-4-8-11(7,9-5-2)10-6-3/h1-2,6H,3H2. The van der Waals surface area contributed by atoms with Crippen molar-refractivity contribution >= 4 is 7.82 Å². The molecule has 0 heterocycles. The molecule has 4 nitrogen and oxygen atoms in total. The van der Waals surface area contributed by atoms with Gasteiger partial charge in [-0.1, -0.05) is 19.4 Å². The van der Waals surface area contributed by atoms with E-state index in [2.05, 4.69) is 33.0 Å². The molecule has 0 spiro atoms. The maximum atomic E-state index is 11.0. The largest absolute Gasteiger partial charge is 0.663 e. The fourth-order valence-corrected chi connectivity index (χ4v) is 0.846. The Balaban J connectivity index is 4.30. The van der Waals surface area contributed by atoms with Gasteiger partial charge in [-0.15, -0.1) is 0 Å². The zero-order chi connectivity index (χ0) is 8.74. The van der Waals surface area contributed by atoms with Gasteiger partial charge < -0.3 is 13.6 Å². The molecule has 0 aromatic rings. The molecule has 0 saturated heterocycles. The fraction of sp³-hybridized carbons (Fsp3) is 0. The van der Waals surface area contributed by atoms with Gasteiger partial charge in [0.1, 0.15) is 12.2 Å². The number of hydrogen-bond acceptors (Lipinski definition) is 4. The third kappa shape index (κ3) is 3.25. The van der Waals surface area contributed by atoms with E-state index in [0.717, 1.165) is 6.26 Å². The smallest absolute Gasteiger partial charge is 0.394 e. The van der Waals surface area contributed by atoms with Crippen molar-refractivity contribution in [2.45, 2.75) is 0 Å². The number of rotatable bonds is 4. The van der Waals surface area contributed by atoms with E-state index in [1.165, 1.54) is 0 Å². The topological polar surface area (TPSA) is 44.8 Å². The van der Waals surface area contributed by atoms with Gasteiger partial charge in [-0.05, 0) is 0 Å². The molecule has 0 aliphatic heterocycles. The SMILES string of the molecule is C#COP(=O)(OC#C)OC=C. The molecule has 0 atom stereocenters. The molecular weight excluding hydrogens is 167 g/mol. The summed E-state index contributed by atoms with van der Waals surface area (Å²) in [6.45, 7) is 3.12. The van der Waals surface area contributed by atoms with Crippen molar-refractivity contribution in [3.63, 3.8) is 0 Å². The first kappa shape index (κ1) is 9.49. The van der Waals surface area contributed by atoms with E-state index >= 15 is 0 Å². The molecule has 0 bridgehead atoms. The maximum Gasteiger partial charge on any atom is 0.663 e. The lowest BCUT2D eigenvalue weighted by molar-refractivity contribution is 0.249. The molecule has 0 aromatic heterocycles. The second kappa shape index (κ2) is 4.33. The minimum atomic E-state index is -3.81. The van der Waals surface area contributed by atoms with E-state index < -0.39 is 7.82 Å². The van der Waals surface area contributed by atoms with Crippen LogP contribution in [0, 0.1) is 25.1 Å². The summed E-state index contributed by atoms with van der Waals surface area (Å²) in [7, 11) is -3.81.